The second-order valence-corrected chi connectivity index (χ2v) is 5.33. The Morgan fingerprint density at radius 3 is 2.35 bits per heavy atom. The molecule has 2 rings (SSSR count). The van der Waals surface area contributed by atoms with E-state index in [4.69, 9.17) is 4.74 Å². The van der Waals surface area contributed by atoms with Gasteiger partial charge in [-0.3, -0.25) is 0 Å². The van der Waals surface area contributed by atoms with Crippen molar-refractivity contribution in [2.45, 2.75) is 56.9 Å². The number of ether oxygens (including phenoxy) is 1. The van der Waals surface area contributed by atoms with Crippen LogP contribution < -0.4 is 4.74 Å². The molecule has 1 heterocycles. The van der Waals surface area contributed by atoms with E-state index in [0.29, 0.717) is 12.8 Å². The Balaban J connectivity index is 2.06. The molecule has 20 heavy (non-hydrogen) atoms. The predicted molar refractivity (Wildman–Crippen MR) is 67.4 cm³/mol. The summed E-state index contributed by atoms with van der Waals surface area (Å²) in [6.45, 7) is 0.714. The lowest BCUT2D eigenvalue weighted by Crippen LogP contribution is -2.39. The van der Waals surface area contributed by atoms with Crippen LogP contribution in [0.4, 0.5) is 13.2 Å². The molecule has 0 aliphatic heterocycles. The Labute approximate surface area is 115 Å². The molecule has 1 fully saturated rings. The van der Waals surface area contributed by atoms with Gasteiger partial charge in [0.1, 0.15) is 6.10 Å². The number of alkyl halides is 3. The average Bonchev–Trinajstić information content (AvgIpc) is 2.39. The lowest BCUT2D eigenvalue weighted by molar-refractivity contribution is -0.259. The molecule has 1 aliphatic carbocycles. The molecule has 0 spiro atoms. The Morgan fingerprint density at radius 1 is 1.20 bits per heavy atom. The van der Waals surface area contributed by atoms with E-state index in [1.807, 2.05) is 0 Å². The zero-order chi connectivity index (χ0) is 14.8. The number of rotatable bonds is 3. The topological polar surface area (TPSA) is 42.4 Å². The highest BCUT2D eigenvalue weighted by molar-refractivity contribution is 5.24. The highest BCUT2D eigenvalue weighted by atomic mass is 19.4. The molecule has 1 saturated carbocycles. The van der Waals surface area contributed by atoms with Crippen molar-refractivity contribution in [2.24, 2.45) is 0 Å². The number of nitrogens with zero attached hydrogens (tertiary/aromatic N) is 1. The van der Waals surface area contributed by atoms with Gasteiger partial charge in [0.25, 0.3) is 0 Å². The van der Waals surface area contributed by atoms with Crippen molar-refractivity contribution >= 4 is 0 Å². The Bertz CT molecular complexity index is 437. The van der Waals surface area contributed by atoms with E-state index < -0.39 is 11.8 Å². The number of halogens is 3. The molecule has 112 valence electrons. The van der Waals surface area contributed by atoms with E-state index >= 15 is 0 Å². The van der Waals surface area contributed by atoms with Crippen LogP contribution in [0.1, 0.15) is 44.6 Å². The Hall–Kier alpha value is -1.30. The van der Waals surface area contributed by atoms with Crippen molar-refractivity contribution < 1.29 is 23.0 Å². The van der Waals surface area contributed by atoms with Crippen molar-refractivity contribution in [1.82, 2.24) is 4.98 Å². The largest absolute Gasteiger partial charge is 0.474 e. The van der Waals surface area contributed by atoms with Gasteiger partial charge >= 0.3 is 6.18 Å². The smallest absolute Gasteiger partial charge is 0.421 e. The zero-order valence-corrected chi connectivity index (χ0v) is 11.3. The van der Waals surface area contributed by atoms with Crippen molar-refractivity contribution in [3.05, 3.63) is 23.9 Å². The van der Waals surface area contributed by atoms with Crippen LogP contribution in [0.2, 0.25) is 0 Å². The predicted octanol–water partition coefficient (Wildman–Crippen LogP) is 3.56. The second-order valence-electron chi connectivity index (χ2n) is 5.33. The maximum Gasteiger partial charge on any atom is 0.421 e. The molecule has 0 amide bonds. The third kappa shape index (κ3) is 3.23. The summed E-state index contributed by atoms with van der Waals surface area (Å²) < 4.78 is 43.7. The first-order chi connectivity index (χ1) is 9.30. The fourth-order valence-electron chi connectivity index (χ4n) is 2.26. The van der Waals surface area contributed by atoms with Gasteiger partial charge in [-0.05, 0) is 38.7 Å². The van der Waals surface area contributed by atoms with E-state index in [0.717, 1.165) is 31.9 Å². The molecule has 1 N–H and O–H groups in total. The number of pyridine rings is 1. The Kier molecular flexibility index (Phi) is 4.22. The minimum atomic E-state index is -4.74. The van der Waals surface area contributed by atoms with Gasteiger partial charge in [-0.25, -0.2) is 4.98 Å². The van der Waals surface area contributed by atoms with Gasteiger partial charge in [-0.2, -0.15) is 13.2 Å². The average molecular weight is 289 g/mol. The molecule has 1 aromatic rings. The normalized spacial score (nSPS) is 20.4. The van der Waals surface area contributed by atoms with E-state index in [2.05, 4.69) is 4.98 Å². The molecule has 1 aromatic heterocycles. The third-order valence-corrected chi connectivity index (χ3v) is 3.69. The molecule has 3 nitrogen and oxygen atoms in total. The molecule has 1 aliphatic rings. The minimum Gasteiger partial charge on any atom is -0.474 e. The van der Waals surface area contributed by atoms with Crippen LogP contribution in [0.3, 0.4) is 0 Å². The van der Waals surface area contributed by atoms with E-state index in [1.165, 1.54) is 18.6 Å². The van der Waals surface area contributed by atoms with Crippen LogP contribution in [-0.2, 0) is 5.60 Å². The summed E-state index contributed by atoms with van der Waals surface area (Å²) in [5, 5.41) is 9.53. The molecule has 1 atom stereocenters. The quantitative estimate of drug-likeness (QED) is 0.925. The highest BCUT2D eigenvalue weighted by Crippen LogP contribution is 2.38. The molecule has 0 aromatic carbocycles. The van der Waals surface area contributed by atoms with Gasteiger partial charge in [-0.1, -0.05) is 6.42 Å². The number of aliphatic hydroxyl groups is 1. The van der Waals surface area contributed by atoms with Crippen LogP contribution in [0, 0.1) is 0 Å². The van der Waals surface area contributed by atoms with Gasteiger partial charge < -0.3 is 9.84 Å². The van der Waals surface area contributed by atoms with Crippen LogP contribution in [0.15, 0.2) is 18.3 Å². The zero-order valence-electron chi connectivity index (χ0n) is 11.3. The fourth-order valence-corrected chi connectivity index (χ4v) is 2.26. The summed E-state index contributed by atoms with van der Waals surface area (Å²) in [5.74, 6) is 0.304. The fraction of sp³-hybridized carbons (Fsp3) is 0.643. The first-order valence-corrected chi connectivity index (χ1v) is 6.73. The SMILES string of the molecule is CC(O)(c1ccc(OC2CCCCC2)nc1)C(F)(F)F. The molecular formula is C14H18F3NO2. The summed E-state index contributed by atoms with van der Waals surface area (Å²) in [7, 11) is 0. The van der Waals surface area contributed by atoms with Crippen LogP contribution in [0.25, 0.3) is 0 Å². The van der Waals surface area contributed by atoms with Crippen LogP contribution >= 0.6 is 0 Å². The van der Waals surface area contributed by atoms with Crippen molar-refractivity contribution in [2.75, 3.05) is 0 Å². The van der Waals surface area contributed by atoms with E-state index in [-0.39, 0.29) is 11.7 Å². The lowest BCUT2D eigenvalue weighted by atomic mass is 9.97. The third-order valence-electron chi connectivity index (χ3n) is 3.69. The van der Waals surface area contributed by atoms with Gasteiger partial charge in [0.05, 0.1) is 0 Å². The number of hydrogen-bond donors (Lipinski definition) is 1. The minimum absolute atomic E-state index is 0.0882. The summed E-state index contributed by atoms with van der Waals surface area (Å²) in [6, 6.07) is 2.59. The summed E-state index contributed by atoms with van der Waals surface area (Å²) in [6.07, 6.45) is 1.67. The first kappa shape index (κ1) is 15.1. The highest BCUT2D eigenvalue weighted by Gasteiger charge is 2.51. The van der Waals surface area contributed by atoms with Gasteiger partial charge in [-0.15, -0.1) is 0 Å². The van der Waals surface area contributed by atoms with Crippen LogP contribution in [0.5, 0.6) is 5.88 Å². The summed E-state index contributed by atoms with van der Waals surface area (Å²) in [5.41, 5.74) is -3.19. The monoisotopic (exact) mass is 289 g/mol. The van der Waals surface area contributed by atoms with Crippen molar-refractivity contribution in [3.63, 3.8) is 0 Å². The summed E-state index contributed by atoms with van der Waals surface area (Å²) in [4.78, 5) is 3.87. The summed E-state index contributed by atoms with van der Waals surface area (Å²) >= 11 is 0. The van der Waals surface area contributed by atoms with Crippen molar-refractivity contribution in [1.29, 1.82) is 0 Å². The standard InChI is InChI=1S/C14H18F3NO2/c1-13(19,14(15,16)17)10-7-8-12(18-9-10)20-11-5-3-2-4-6-11/h7-9,11,19H,2-6H2,1H3. The van der Waals surface area contributed by atoms with E-state index in [1.54, 1.807) is 0 Å². The molecule has 0 saturated heterocycles. The maximum absolute atomic E-state index is 12.7. The molecule has 0 radical (unpaired) electrons. The molecule has 6 heteroatoms. The van der Waals surface area contributed by atoms with E-state index in [9.17, 15) is 18.3 Å². The Morgan fingerprint density at radius 2 is 1.85 bits per heavy atom. The van der Waals surface area contributed by atoms with Gasteiger partial charge in [0, 0.05) is 17.8 Å². The molecule has 0 bridgehead atoms. The molecular weight excluding hydrogens is 271 g/mol. The lowest BCUT2D eigenvalue weighted by Gasteiger charge is -2.27. The number of aromatic nitrogens is 1. The number of hydrogen-bond acceptors (Lipinski definition) is 3. The van der Waals surface area contributed by atoms with Crippen molar-refractivity contribution in [3.8, 4) is 5.88 Å². The maximum atomic E-state index is 12.7. The first-order valence-electron chi connectivity index (χ1n) is 6.73. The molecule has 1 unspecified atom stereocenters. The second kappa shape index (κ2) is 5.60. The van der Waals surface area contributed by atoms with Gasteiger partial charge in [0.15, 0.2) is 5.60 Å². The van der Waals surface area contributed by atoms with Crippen LogP contribution in [-0.4, -0.2) is 22.4 Å². The van der Waals surface area contributed by atoms with Gasteiger partial charge in [0.2, 0.25) is 5.88 Å².